The van der Waals surface area contributed by atoms with Crippen LogP contribution < -0.4 is 5.56 Å². The number of benzene rings is 3. The van der Waals surface area contributed by atoms with Gasteiger partial charge in [0, 0.05) is 16.5 Å². The molecule has 142 valence electrons. The standard InChI is InChI=1S/C25H19NO3/c1-16-7-5-6-8-17(16)11-14-22(28)24-23(18-9-3-2-4-10-18)20-15-19(27)12-13-21(20)26-25(24)29/h2-15,27H,1H3,(H,26,29). The van der Waals surface area contributed by atoms with Gasteiger partial charge in [0.05, 0.1) is 5.56 Å². The van der Waals surface area contributed by atoms with E-state index in [0.717, 1.165) is 16.7 Å². The molecule has 0 radical (unpaired) electrons. The van der Waals surface area contributed by atoms with Gasteiger partial charge in [-0.3, -0.25) is 9.59 Å². The number of aromatic nitrogens is 1. The monoisotopic (exact) mass is 381 g/mol. The number of aryl methyl sites for hydroxylation is 1. The first-order chi connectivity index (χ1) is 14.0. The number of hydrogen-bond donors (Lipinski definition) is 2. The van der Waals surface area contributed by atoms with Gasteiger partial charge < -0.3 is 10.1 Å². The molecule has 4 aromatic rings. The zero-order chi connectivity index (χ0) is 20.4. The minimum atomic E-state index is -0.457. The van der Waals surface area contributed by atoms with Crippen molar-refractivity contribution in [2.24, 2.45) is 0 Å². The molecule has 0 bridgehead atoms. The fourth-order valence-electron chi connectivity index (χ4n) is 3.44. The molecule has 29 heavy (non-hydrogen) atoms. The Morgan fingerprint density at radius 1 is 0.966 bits per heavy atom. The third-order valence-electron chi connectivity index (χ3n) is 4.91. The summed E-state index contributed by atoms with van der Waals surface area (Å²) in [6, 6.07) is 21.7. The number of rotatable bonds is 4. The summed E-state index contributed by atoms with van der Waals surface area (Å²) in [6.07, 6.45) is 3.15. The first kappa shape index (κ1) is 18.4. The van der Waals surface area contributed by atoms with Gasteiger partial charge >= 0.3 is 0 Å². The molecule has 2 N–H and O–H groups in total. The summed E-state index contributed by atoms with van der Waals surface area (Å²) in [7, 11) is 0. The van der Waals surface area contributed by atoms with E-state index in [9.17, 15) is 14.7 Å². The molecule has 0 aliphatic heterocycles. The maximum Gasteiger partial charge on any atom is 0.260 e. The van der Waals surface area contributed by atoms with Crippen LogP contribution in [-0.2, 0) is 0 Å². The Kier molecular flexibility index (Phi) is 4.83. The molecule has 4 rings (SSSR count). The molecule has 0 amide bonds. The normalized spacial score (nSPS) is 11.2. The summed E-state index contributed by atoms with van der Waals surface area (Å²) in [6.45, 7) is 1.96. The first-order valence-electron chi connectivity index (χ1n) is 9.27. The summed E-state index contributed by atoms with van der Waals surface area (Å²) >= 11 is 0. The molecule has 0 spiro atoms. The van der Waals surface area contributed by atoms with Gasteiger partial charge in [-0.25, -0.2) is 0 Å². The highest BCUT2D eigenvalue weighted by Crippen LogP contribution is 2.32. The van der Waals surface area contributed by atoms with Crippen molar-refractivity contribution in [2.45, 2.75) is 6.92 Å². The van der Waals surface area contributed by atoms with Crippen molar-refractivity contribution >= 4 is 22.8 Å². The fourth-order valence-corrected chi connectivity index (χ4v) is 3.44. The third kappa shape index (κ3) is 3.60. The highest BCUT2D eigenvalue weighted by molar-refractivity contribution is 6.15. The largest absolute Gasteiger partial charge is 0.508 e. The zero-order valence-corrected chi connectivity index (χ0v) is 15.8. The molecule has 3 aromatic carbocycles. The first-order valence-corrected chi connectivity index (χ1v) is 9.27. The van der Waals surface area contributed by atoms with Crippen LogP contribution in [0.5, 0.6) is 5.75 Å². The van der Waals surface area contributed by atoms with Crippen LogP contribution in [0, 0.1) is 6.92 Å². The predicted molar refractivity (Wildman–Crippen MR) is 116 cm³/mol. The number of allylic oxidation sites excluding steroid dienone is 1. The van der Waals surface area contributed by atoms with E-state index < -0.39 is 11.3 Å². The summed E-state index contributed by atoms with van der Waals surface area (Å²) in [5, 5.41) is 10.6. The van der Waals surface area contributed by atoms with Crippen molar-refractivity contribution in [1.82, 2.24) is 4.98 Å². The zero-order valence-electron chi connectivity index (χ0n) is 15.8. The maximum atomic E-state index is 13.1. The molecular formula is C25H19NO3. The molecule has 4 heteroatoms. The van der Waals surface area contributed by atoms with E-state index in [0.29, 0.717) is 16.5 Å². The van der Waals surface area contributed by atoms with Crippen LogP contribution in [0.25, 0.3) is 28.1 Å². The lowest BCUT2D eigenvalue weighted by molar-refractivity contribution is 0.104. The Labute approximate surface area is 167 Å². The van der Waals surface area contributed by atoms with E-state index in [-0.39, 0.29) is 11.3 Å². The number of pyridine rings is 1. The van der Waals surface area contributed by atoms with Crippen LogP contribution in [-0.4, -0.2) is 15.9 Å². The van der Waals surface area contributed by atoms with E-state index in [1.807, 2.05) is 61.5 Å². The van der Waals surface area contributed by atoms with Crippen LogP contribution in [0.4, 0.5) is 0 Å². The molecule has 0 atom stereocenters. The molecule has 0 unspecified atom stereocenters. The van der Waals surface area contributed by atoms with Gasteiger partial charge in [0.15, 0.2) is 5.78 Å². The SMILES string of the molecule is Cc1ccccc1C=CC(=O)c1c(-c2ccccc2)c2cc(O)ccc2[nH]c1=O. The van der Waals surface area contributed by atoms with Gasteiger partial charge in [-0.2, -0.15) is 0 Å². The van der Waals surface area contributed by atoms with Gasteiger partial charge in [-0.15, -0.1) is 0 Å². The molecule has 1 heterocycles. The van der Waals surface area contributed by atoms with E-state index in [4.69, 9.17) is 0 Å². The van der Waals surface area contributed by atoms with E-state index in [1.54, 1.807) is 18.2 Å². The smallest absolute Gasteiger partial charge is 0.260 e. The number of H-pyrrole nitrogens is 1. The molecule has 0 saturated carbocycles. The second-order valence-corrected chi connectivity index (χ2v) is 6.85. The maximum absolute atomic E-state index is 13.1. The van der Waals surface area contributed by atoms with Gasteiger partial charge in [-0.05, 0) is 47.9 Å². The Bertz CT molecular complexity index is 1300. The number of aromatic hydroxyl groups is 1. The molecule has 0 fully saturated rings. The van der Waals surface area contributed by atoms with Gasteiger partial charge in [0.1, 0.15) is 5.75 Å². The van der Waals surface area contributed by atoms with Crippen molar-refractivity contribution < 1.29 is 9.90 Å². The lowest BCUT2D eigenvalue weighted by atomic mass is 9.93. The van der Waals surface area contributed by atoms with Crippen molar-refractivity contribution in [3.8, 4) is 16.9 Å². The van der Waals surface area contributed by atoms with Gasteiger partial charge in [0.25, 0.3) is 5.56 Å². The Balaban J connectivity index is 1.94. The summed E-state index contributed by atoms with van der Waals surface area (Å²) in [4.78, 5) is 28.7. The quantitative estimate of drug-likeness (QED) is 0.381. The van der Waals surface area contributed by atoms with Crippen molar-refractivity contribution in [3.05, 3.63) is 106 Å². The molecule has 0 saturated heterocycles. The lowest BCUT2D eigenvalue weighted by Crippen LogP contribution is -2.18. The third-order valence-corrected chi connectivity index (χ3v) is 4.91. The highest BCUT2D eigenvalue weighted by atomic mass is 16.3. The number of carbonyl (C=O) groups is 1. The number of nitrogens with one attached hydrogen (secondary N) is 1. The van der Waals surface area contributed by atoms with Crippen LogP contribution in [0.2, 0.25) is 0 Å². The van der Waals surface area contributed by atoms with Crippen LogP contribution in [0.15, 0.2) is 83.7 Å². The fraction of sp³-hybridized carbons (Fsp3) is 0.0400. The van der Waals surface area contributed by atoms with Crippen LogP contribution >= 0.6 is 0 Å². The second kappa shape index (κ2) is 7.60. The Morgan fingerprint density at radius 2 is 1.69 bits per heavy atom. The lowest BCUT2D eigenvalue weighted by Gasteiger charge is -2.11. The van der Waals surface area contributed by atoms with Crippen molar-refractivity contribution in [2.75, 3.05) is 0 Å². The number of hydrogen-bond acceptors (Lipinski definition) is 3. The van der Waals surface area contributed by atoms with Gasteiger partial charge in [0.2, 0.25) is 0 Å². The minimum Gasteiger partial charge on any atom is -0.508 e. The number of fused-ring (bicyclic) bond motifs is 1. The highest BCUT2D eigenvalue weighted by Gasteiger charge is 2.19. The molecule has 1 aromatic heterocycles. The average molecular weight is 381 g/mol. The number of ketones is 1. The van der Waals surface area contributed by atoms with Crippen LogP contribution in [0.1, 0.15) is 21.5 Å². The summed E-state index contributed by atoms with van der Waals surface area (Å²) < 4.78 is 0. The number of phenols is 1. The molecular weight excluding hydrogens is 362 g/mol. The molecule has 0 aliphatic carbocycles. The average Bonchev–Trinajstić information content (AvgIpc) is 2.73. The second-order valence-electron chi connectivity index (χ2n) is 6.85. The summed E-state index contributed by atoms with van der Waals surface area (Å²) in [5.74, 6) is -0.325. The van der Waals surface area contributed by atoms with E-state index in [1.165, 1.54) is 12.1 Å². The molecule has 0 aliphatic rings. The molecule has 4 nitrogen and oxygen atoms in total. The van der Waals surface area contributed by atoms with E-state index >= 15 is 0 Å². The Morgan fingerprint density at radius 3 is 2.45 bits per heavy atom. The van der Waals surface area contributed by atoms with Crippen molar-refractivity contribution in [3.63, 3.8) is 0 Å². The number of phenolic OH excluding ortho intramolecular Hbond substituents is 1. The number of carbonyl (C=O) groups excluding carboxylic acids is 1. The predicted octanol–water partition coefficient (Wildman–Crippen LogP) is 5.11. The number of aromatic amines is 1. The van der Waals surface area contributed by atoms with Crippen LogP contribution in [0.3, 0.4) is 0 Å². The Hall–Kier alpha value is -3.92. The van der Waals surface area contributed by atoms with Gasteiger partial charge in [-0.1, -0.05) is 60.7 Å². The minimum absolute atomic E-state index is 0.0548. The van der Waals surface area contributed by atoms with Crippen molar-refractivity contribution in [1.29, 1.82) is 0 Å². The van der Waals surface area contributed by atoms with E-state index in [2.05, 4.69) is 4.98 Å². The topological polar surface area (TPSA) is 70.2 Å². The summed E-state index contributed by atoms with van der Waals surface area (Å²) in [5.41, 5.74) is 3.36.